The summed E-state index contributed by atoms with van der Waals surface area (Å²) >= 11 is 0. The van der Waals surface area contributed by atoms with Gasteiger partial charge < -0.3 is 24.8 Å². The highest BCUT2D eigenvalue weighted by molar-refractivity contribution is 5.95. The Balaban J connectivity index is 1.67. The molecule has 3 N–H and O–H groups in total. The highest BCUT2D eigenvalue weighted by atomic mass is 19.1. The largest absolute Gasteiger partial charge is 0.477 e. The quantitative estimate of drug-likeness (QED) is 0.722. The fourth-order valence-corrected chi connectivity index (χ4v) is 5.30. The summed E-state index contributed by atoms with van der Waals surface area (Å²) in [4.78, 5) is 26.1. The normalized spacial score (nSPS) is 28.9. The van der Waals surface area contributed by atoms with E-state index in [1.807, 2.05) is 9.47 Å². The molecule has 29 heavy (non-hydrogen) atoms. The predicted molar refractivity (Wildman–Crippen MR) is 104 cm³/mol. The number of aromatic nitrogens is 1. The standard InChI is InChI=1S/C21H23FN2O5/c1-9-17-12(19(26)14(21(28)29)8-24(17)11-2-3-11)5-15(22)18(9)23-6-10-4-16(25)20(27)13(10)7-23/h5,8,10-11,13,16,20,25,27H,2-4,6-7H2,1H3,(H,28,29). The minimum absolute atomic E-state index is 0.0883. The highest BCUT2D eigenvalue weighted by Crippen LogP contribution is 2.44. The van der Waals surface area contributed by atoms with Crippen molar-refractivity contribution in [2.24, 2.45) is 11.8 Å². The van der Waals surface area contributed by atoms with E-state index in [1.165, 1.54) is 6.20 Å². The molecule has 0 spiro atoms. The van der Waals surface area contributed by atoms with Crippen LogP contribution in [0, 0.1) is 24.6 Å². The van der Waals surface area contributed by atoms with E-state index in [4.69, 9.17) is 0 Å². The predicted octanol–water partition coefficient (Wildman–Crippen LogP) is 1.66. The van der Waals surface area contributed by atoms with Gasteiger partial charge in [-0.25, -0.2) is 9.18 Å². The summed E-state index contributed by atoms with van der Waals surface area (Å²) in [6, 6.07) is 1.27. The number of halogens is 1. The first-order valence-electron chi connectivity index (χ1n) is 10.00. The summed E-state index contributed by atoms with van der Waals surface area (Å²) in [6.07, 6.45) is 2.12. The second-order valence-electron chi connectivity index (χ2n) is 8.67. The molecule has 1 aliphatic heterocycles. The van der Waals surface area contributed by atoms with E-state index in [-0.39, 0.29) is 28.8 Å². The van der Waals surface area contributed by atoms with Crippen LogP contribution in [0.3, 0.4) is 0 Å². The van der Waals surface area contributed by atoms with Gasteiger partial charge in [0.15, 0.2) is 0 Å². The smallest absolute Gasteiger partial charge is 0.341 e. The summed E-state index contributed by atoms with van der Waals surface area (Å²) in [6.45, 7) is 2.73. The molecule has 4 unspecified atom stereocenters. The number of fused-ring (bicyclic) bond motifs is 2. The van der Waals surface area contributed by atoms with Gasteiger partial charge in [-0.3, -0.25) is 4.79 Å². The van der Waals surface area contributed by atoms with Crippen molar-refractivity contribution in [3.05, 3.63) is 39.4 Å². The van der Waals surface area contributed by atoms with Gasteiger partial charge >= 0.3 is 5.97 Å². The average Bonchev–Trinajstić information content (AvgIpc) is 3.37. The number of pyridine rings is 1. The molecular weight excluding hydrogens is 379 g/mol. The van der Waals surface area contributed by atoms with Gasteiger partial charge in [-0.15, -0.1) is 0 Å². The van der Waals surface area contributed by atoms with Crippen molar-refractivity contribution >= 4 is 22.6 Å². The number of aliphatic hydroxyl groups excluding tert-OH is 2. The Kier molecular flexibility index (Phi) is 4.02. The molecule has 5 rings (SSSR count). The zero-order chi connectivity index (χ0) is 20.6. The van der Waals surface area contributed by atoms with E-state index in [9.17, 15) is 24.9 Å². The van der Waals surface area contributed by atoms with E-state index in [0.717, 1.165) is 18.9 Å². The summed E-state index contributed by atoms with van der Waals surface area (Å²) in [5.41, 5.74) is 0.566. The van der Waals surface area contributed by atoms with Gasteiger partial charge in [-0.05, 0) is 43.7 Å². The van der Waals surface area contributed by atoms with Gasteiger partial charge in [0.1, 0.15) is 11.4 Å². The van der Waals surface area contributed by atoms with Crippen molar-refractivity contribution in [3.8, 4) is 0 Å². The third kappa shape index (κ3) is 2.69. The van der Waals surface area contributed by atoms with Gasteiger partial charge in [0.25, 0.3) is 0 Å². The van der Waals surface area contributed by atoms with E-state index in [2.05, 4.69) is 0 Å². The number of carbonyl (C=O) groups is 1. The van der Waals surface area contributed by atoms with Crippen LogP contribution in [0.2, 0.25) is 0 Å². The molecule has 4 atom stereocenters. The monoisotopic (exact) mass is 402 g/mol. The molecule has 2 heterocycles. The van der Waals surface area contributed by atoms with Crippen LogP contribution < -0.4 is 10.3 Å². The second-order valence-corrected chi connectivity index (χ2v) is 8.67. The molecule has 154 valence electrons. The fraction of sp³-hybridized carbons (Fsp3) is 0.524. The Morgan fingerprint density at radius 3 is 2.59 bits per heavy atom. The Labute approximate surface area is 166 Å². The zero-order valence-electron chi connectivity index (χ0n) is 16.0. The number of carboxylic acids is 1. The average molecular weight is 402 g/mol. The maximum atomic E-state index is 15.2. The minimum atomic E-state index is -1.31. The van der Waals surface area contributed by atoms with Crippen molar-refractivity contribution in [2.45, 2.75) is 44.4 Å². The Morgan fingerprint density at radius 1 is 1.24 bits per heavy atom. The maximum absolute atomic E-state index is 15.2. The first kappa shape index (κ1) is 18.6. The minimum Gasteiger partial charge on any atom is -0.477 e. The number of hydrogen-bond donors (Lipinski definition) is 3. The topological polar surface area (TPSA) is 103 Å². The SMILES string of the molecule is Cc1c(N2CC3CC(O)C(O)C3C2)c(F)cc2c(=O)c(C(=O)O)cn(C3CC3)c12. The van der Waals surface area contributed by atoms with Crippen molar-refractivity contribution in [2.75, 3.05) is 18.0 Å². The van der Waals surface area contributed by atoms with Gasteiger partial charge in [0.2, 0.25) is 5.43 Å². The first-order valence-corrected chi connectivity index (χ1v) is 10.00. The van der Waals surface area contributed by atoms with Crippen LogP contribution in [0.25, 0.3) is 10.9 Å². The summed E-state index contributed by atoms with van der Waals surface area (Å²) < 4.78 is 17.0. The Hall–Kier alpha value is -2.45. The van der Waals surface area contributed by atoms with Crippen LogP contribution >= 0.6 is 0 Å². The summed E-state index contributed by atoms with van der Waals surface area (Å²) in [7, 11) is 0. The lowest BCUT2D eigenvalue weighted by atomic mass is 9.99. The van der Waals surface area contributed by atoms with Gasteiger partial charge in [-0.1, -0.05) is 0 Å². The molecule has 0 amide bonds. The number of carboxylic acid groups (broad SMARTS) is 1. The lowest BCUT2D eigenvalue weighted by Crippen LogP contribution is -2.31. The van der Waals surface area contributed by atoms with Gasteiger partial charge in [0, 0.05) is 36.6 Å². The van der Waals surface area contributed by atoms with E-state index in [1.54, 1.807) is 6.92 Å². The molecule has 2 aromatic rings. The van der Waals surface area contributed by atoms with Crippen LogP contribution in [0.1, 0.15) is 41.2 Å². The number of aryl methyl sites for hydroxylation is 1. The van der Waals surface area contributed by atoms with Crippen LogP contribution in [0.15, 0.2) is 17.1 Å². The second kappa shape index (κ2) is 6.27. The number of benzene rings is 1. The van der Waals surface area contributed by atoms with Gasteiger partial charge in [0.05, 0.1) is 23.4 Å². The molecule has 8 heteroatoms. The number of rotatable bonds is 3. The van der Waals surface area contributed by atoms with Crippen molar-refractivity contribution in [1.82, 2.24) is 4.57 Å². The molecule has 3 aliphatic rings. The number of aliphatic hydroxyl groups is 2. The van der Waals surface area contributed by atoms with E-state index >= 15 is 4.39 Å². The third-order valence-corrected chi connectivity index (χ3v) is 6.83. The van der Waals surface area contributed by atoms with Gasteiger partial charge in [-0.2, -0.15) is 0 Å². The first-order chi connectivity index (χ1) is 13.8. The number of anilines is 1. The molecule has 1 aromatic heterocycles. The number of nitrogens with zero attached hydrogens (tertiary/aromatic N) is 2. The highest BCUT2D eigenvalue weighted by Gasteiger charge is 2.47. The van der Waals surface area contributed by atoms with Crippen molar-refractivity contribution in [1.29, 1.82) is 0 Å². The molecule has 2 saturated carbocycles. The van der Waals surface area contributed by atoms with Crippen LogP contribution in [0.5, 0.6) is 0 Å². The van der Waals surface area contributed by atoms with Crippen LogP contribution in [-0.2, 0) is 0 Å². The molecule has 1 aromatic carbocycles. The molecule has 2 aliphatic carbocycles. The Bertz CT molecular complexity index is 1090. The summed E-state index contributed by atoms with van der Waals surface area (Å²) in [5, 5.41) is 29.6. The van der Waals surface area contributed by atoms with Crippen LogP contribution in [0.4, 0.5) is 10.1 Å². The van der Waals surface area contributed by atoms with Crippen molar-refractivity contribution in [3.63, 3.8) is 0 Å². The van der Waals surface area contributed by atoms with Crippen molar-refractivity contribution < 1.29 is 24.5 Å². The molecule has 1 saturated heterocycles. The molecule has 0 radical (unpaired) electrons. The number of aromatic carboxylic acids is 1. The maximum Gasteiger partial charge on any atom is 0.341 e. The lowest BCUT2D eigenvalue weighted by Gasteiger charge is -2.26. The zero-order valence-corrected chi connectivity index (χ0v) is 16.0. The van der Waals surface area contributed by atoms with Crippen LogP contribution in [-0.4, -0.2) is 51.2 Å². The van der Waals surface area contributed by atoms with E-state index < -0.39 is 29.4 Å². The summed E-state index contributed by atoms with van der Waals surface area (Å²) in [5.74, 6) is -1.89. The fourth-order valence-electron chi connectivity index (χ4n) is 5.30. The number of hydrogen-bond acceptors (Lipinski definition) is 5. The molecule has 3 fully saturated rings. The third-order valence-electron chi connectivity index (χ3n) is 6.83. The lowest BCUT2D eigenvalue weighted by molar-refractivity contribution is 0.0229. The van der Waals surface area contributed by atoms with E-state index in [0.29, 0.717) is 36.3 Å². The molecule has 7 nitrogen and oxygen atoms in total. The Morgan fingerprint density at radius 2 is 1.97 bits per heavy atom. The molecule has 0 bridgehead atoms. The molecular formula is C21H23FN2O5.